The summed E-state index contributed by atoms with van der Waals surface area (Å²) in [6.45, 7) is 3.05. The van der Waals surface area contributed by atoms with E-state index in [0.29, 0.717) is 17.9 Å². The third-order valence-electron chi connectivity index (χ3n) is 4.71. The van der Waals surface area contributed by atoms with Crippen LogP contribution in [0.1, 0.15) is 32.4 Å². The number of nitrogens with one attached hydrogen (secondary N) is 4. The van der Waals surface area contributed by atoms with Gasteiger partial charge in [-0.1, -0.05) is 13.8 Å². The molecule has 1 heterocycles. The number of carbonyl (C=O) groups excluding carboxylic acids is 3. The van der Waals surface area contributed by atoms with E-state index in [1.807, 2.05) is 20.1 Å². The number of aliphatic carboxylic acids is 1. The second-order valence-corrected chi connectivity index (χ2v) is 8.99. The van der Waals surface area contributed by atoms with Crippen molar-refractivity contribution in [2.24, 2.45) is 11.7 Å². The van der Waals surface area contributed by atoms with Crippen LogP contribution in [-0.2, 0) is 25.6 Å². The lowest BCUT2D eigenvalue weighted by atomic mass is 10.0. The lowest BCUT2D eigenvalue weighted by Crippen LogP contribution is -2.58. The normalized spacial score (nSPS) is 14.7. The van der Waals surface area contributed by atoms with Gasteiger partial charge in [0.2, 0.25) is 17.7 Å². The number of thioether (sulfide) groups is 1. The number of carboxylic acid groups (broad SMARTS) is 1. The van der Waals surface area contributed by atoms with Gasteiger partial charge in [-0.25, -0.2) is 9.78 Å². The number of carboxylic acids is 1. The molecule has 33 heavy (non-hydrogen) atoms. The van der Waals surface area contributed by atoms with Crippen LogP contribution in [-0.4, -0.2) is 86.7 Å². The summed E-state index contributed by atoms with van der Waals surface area (Å²) in [6.07, 6.45) is 5.50. The minimum absolute atomic E-state index is 0.0806. The number of aromatic amines is 1. The Morgan fingerprint density at radius 2 is 1.70 bits per heavy atom. The quantitative estimate of drug-likeness (QED) is 0.156. The largest absolute Gasteiger partial charge is 0.480 e. The second kappa shape index (κ2) is 14.5. The van der Waals surface area contributed by atoms with Crippen LogP contribution in [0.15, 0.2) is 12.5 Å². The smallest absolute Gasteiger partial charge is 0.328 e. The monoisotopic (exact) mass is 486 g/mol. The Bertz CT molecular complexity index is 775. The first-order valence-electron chi connectivity index (χ1n) is 10.6. The number of nitrogens with two attached hydrogens (primary N) is 1. The number of aliphatic hydroxyl groups excluding tert-OH is 1. The first kappa shape index (κ1) is 28.4. The van der Waals surface area contributed by atoms with Crippen molar-refractivity contribution in [2.45, 2.75) is 57.3 Å². The molecule has 8 N–H and O–H groups in total. The van der Waals surface area contributed by atoms with E-state index in [9.17, 15) is 24.3 Å². The number of H-pyrrole nitrogens is 1. The summed E-state index contributed by atoms with van der Waals surface area (Å²) in [7, 11) is 0. The van der Waals surface area contributed by atoms with Gasteiger partial charge in [0.25, 0.3) is 0 Å². The molecule has 0 radical (unpaired) electrons. The number of rotatable bonds is 15. The molecule has 0 saturated heterocycles. The van der Waals surface area contributed by atoms with Gasteiger partial charge in [0, 0.05) is 18.3 Å². The lowest BCUT2D eigenvalue weighted by Gasteiger charge is -2.25. The molecule has 0 spiro atoms. The van der Waals surface area contributed by atoms with Crippen molar-refractivity contribution in [3.8, 4) is 0 Å². The average molecular weight is 487 g/mol. The maximum absolute atomic E-state index is 13.1. The summed E-state index contributed by atoms with van der Waals surface area (Å²) >= 11 is 1.44. The molecule has 4 atom stereocenters. The molecule has 1 rings (SSSR count). The van der Waals surface area contributed by atoms with E-state index in [1.165, 1.54) is 24.3 Å². The fourth-order valence-electron chi connectivity index (χ4n) is 2.95. The van der Waals surface area contributed by atoms with E-state index < -0.39 is 54.5 Å². The number of imidazole rings is 1. The van der Waals surface area contributed by atoms with E-state index in [4.69, 9.17) is 10.8 Å². The number of amides is 3. The zero-order valence-electron chi connectivity index (χ0n) is 19.0. The maximum Gasteiger partial charge on any atom is 0.328 e. The fraction of sp³-hybridized carbons (Fsp3) is 0.650. The van der Waals surface area contributed by atoms with Crippen molar-refractivity contribution in [3.63, 3.8) is 0 Å². The molecule has 186 valence electrons. The Morgan fingerprint density at radius 3 is 2.21 bits per heavy atom. The number of nitrogens with zero attached hydrogens (tertiary/aromatic N) is 1. The highest BCUT2D eigenvalue weighted by atomic mass is 32.2. The molecular formula is C20H34N6O6S. The molecule has 12 nitrogen and oxygen atoms in total. The molecule has 4 unspecified atom stereocenters. The van der Waals surface area contributed by atoms with E-state index >= 15 is 0 Å². The standard InChI is InChI=1S/C20H34N6O6S/c1-11(2)6-13(21)17(28)25-15(7-12-8-22-10-23-12)19(30)24-14(4-5-33-3)18(29)26-16(9-27)20(31)32/h8,10-11,13-16,27H,4-7,9,21H2,1-3H3,(H,22,23)(H,24,30)(H,25,28)(H,26,29)(H,31,32). The van der Waals surface area contributed by atoms with Gasteiger partial charge in [0.15, 0.2) is 0 Å². The van der Waals surface area contributed by atoms with Gasteiger partial charge in [0.1, 0.15) is 18.1 Å². The number of aromatic nitrogens is 2. The minimum Gasteiger partial charge on any atom is -0.480 e. The zero-order valence-corrected chi connectivity index (χ0v) is 19.9. The third kappa shape index (κ3) is 10.2. The maximum atomic E-state index is 13.1. The van der Waals surface area contributed by atoms with E-state index in [2.05, 4.69) is 25.9 Å². The molecular weight excluding hydrogens is 452 g/mol. The highest BCUT2D eigenvalue weighted by Gasteiger charge is 2.30. The van der Waals surface area contributed by atoms with E-state index in [-0.39, 0.29) is 18.8 Å². The Kier molecular flexibility index (Phi) is 12.5. The fourth-order valence-corrected chi connectivity index (χ4v) is 3.43. The van der Waals surface area contributed by atoms with Crippen molar-refractivity contribution in [1.29, 1.82) is 0 Å². The minimum atomic E-state index is -1.50. The average Bonchev–Trinajstić information content (AvgIpc) is 3.26. The van der Waals surface area contributed by atoms with Gasteiger partial charge in [-0.15, -0.1) is 0 Å². The molecule has 0 aliphatic carbocycles. The van der Waals surface area contributed by atoms with Crippen molar-refractivity contribution >= 4 is 35.5 Å². The molecule has 1 aromatic rings. The van der Waals surface area contributed by atoms with Crippen LogP contribution in [0.4, 0.5) is 0 Å². The SMILES string of the molecule is CSCCC(NC(=O)C(Cc1cnc[nH]1)NC(=O)C(N)CC(C)C)C(=O)NC(CO)C(=O)O. The Hall–Kier alpha value is -2.64. The molecule has 3 amide bonds. The van der Waals surface area contributed by atoms with Crippen LogP contribution < -0.4 is 21.7 Å². The van der Waals surface area contributed by atoms with Crippen molar-refractivity contribution in [2.75, 3.05) is 18.6 Å². The number of hydrogen-bond donors (Lipinski definition) is 7. The molecule has 0 bridgehead atoms. The summed E-state index contributed by atoms with van der Waals surface area (Å²) in [5.74, 6) is -2.59. The predicted molar refractivity (Wildman–Crippen MR) is 123 cm³/mol. The van der Waals surface area contributed by atoms with Gasteiger partial charge in [-0.3, -0.25) is 14.4 Å². The Labute approximate surface area is 196 Å². The van der Waals surface area contributed by atoms with Crippen LogP contribution in [0, 0.1) is 5.92 Å². The Balaban J connectivity index is 2.99. The van der Waals surface area contributed by atoms with Crippen LogP contribution in [0.25, 0.3) is 0 Å². The number of carbonyl (C=O) groups is 4. The summed E-state index contributed by atoms with van der Waals surface area (Å²) in [4.78, 5) is 56.1. The van der Waals surface area contributed by atoms with Gasteiger partial charge < -0.3 is 36.9 Å². The lowest BCUT2D eigenvalue weighted by molar-refractivity contribution is -0.143. The summed E-state index contributed by atoms with van der Waals surface area (Å²) in [5.41, 5.74) is 6.53. The van der Waals surface area contributed by atoms with Crippen molar-refractivity contribution in [3.05, 3.63) is 18.2 Å². The topological polar surface area (TPSA) is 200 Å². The number of aliphatic hydroxyl groups is 1. The Morgan fingerprint density at radius 1 is 1.09 bits per heavy atom. The first-order valence-corrected chi connectivity index (χ1v) is 11.9. The van der Waals surface area contributed by atoms with Gasteiger partial charge >= 0.3 is 5.97 Å². The summed E-state index contributed by atoms with van der Waals surface area (Å²) in [5, 5.41) is 25.7. The van der Waals surface area contributed by atoms with Crippen LogP contribution in [0.2, 0.25) is 0 Å². The second-order valence-electron chi connectivity index (χ2n) is 8.00. The zero-order chi connectivity index (χ0) is 25.0. The molecule has 0 saturated carbocycles. The molecule has 0 aliphatic rings. The molecule has 0 fully saturated rings. The van der Waals surface area contributed by atoms with Gasteiger partial charge in [0.05, 0.1) is 19.0 Å². The molecule has 0 aromatic carbocycles. The molecule has 1 aromatic heterocycles. The first-order chi connectivity index (χ1) is 15.6. The number of hydrogen-bond acceptors (Lipinski definition) is 8. The summed E-state index contributed by atoms with van der Waals surface area (Å²) in [6, 6.07) is -4.42. The van der Waals surface area contributed by atoms with Gasteiger partial charge in [-0.05, 0) is 30.8 Å². The van der Waals surface area contributed by atoms with Crippen LogP contribution in [0.3, 0.4) is 0 Å². The highest BCUT2D eigenvalue weighted by molar-refractivity contribution is 7.98. The third-order valence-corrected chi connectivity index (χ3v) is 5.36. The van der Waals surface area contributed by atoms with E-state index in [1.54, 1.807) is 0 Å². The van der Waals surface area contributed by atoms with Crippen LogP contribution >= 0.6 is 11.8 Å². The summed E-state index contributed by atoms with van der Waals surface area (Å²) < 4.78 is 0. The van der Waals surface area contributed by atoms with Crippen molar-refractivity contribution < 1.29 is 29.4 Å². The van der Waals surface area contributed by atoms with Crippen LogP contribution in [0.5, 0.6) is 0 Å². The van der Waals surface area contributed by atoms with Gasteiger partial charge in [-0.2, -0.15) is 11.8 Å². The predicted octanol–water partition coefficient (Wildman–Crippen LogP) is -1.39. The molecule has 13 heteroatoms. The molecule has 0 aliphatic heterocycles. The highest BCUT2D eigenvalue weighted by Crippen LogP contribution is 2.07. The van der Waals surface area contributed by atoms with E-state index in [0.717, 1.165) is 0 Å². The van der Waals surface area contributed by atoms with Crippen molar-refractivity contribution in [1.82, 2.24) is 25.9 Å².